The predicted octanol–water partition coefficient (Wildman–Crippen LogP) is 2.04. The van der Waals surface area contributed by atoms with Crippen LogP contribution < -0.4 is 5.32 Å². The molecule has 0 heterocycles. The van der Waals surface area contributed by atoms with E-state index in [1.165, 1.54) is 6.07 Å². The van der Waals surface area contributed by atoms with E-state index < -0.39 is 5.82 Å². The van der Waals surface area contributed by atoms with E-state index in [4.69, 9.17) is 5.26 Å². The second-order valence-electron chi connectivity index (χ2n) is 4.53. The monoisotopic (exact) mass is 277 g/mol. The molecule has 1 atom stereocenters. The number of nitriles is 1. The third kappa shape index (κ3) is 4.04. The van der Waals surface area contributed by atoms with E-state index in [-0.39, 0.29) is 18.5 Å². The van der Waals surface area contributed by atoms with E-state index in [2.05, 4.69) is 5.32 Å². The van der Waals surface area contributed by atoms with E-state index >= 15 is 0 Å². The molecule has 0 aliphatic heterocycles. The number of nitrogens with one attached hydrogen (secondary N) is 1. The summed E-state index contributed by atoms with van der Waals surface area (Å²) >= 11 is 0. The summed E-state index contributed by atoms with van der Waals surface area (Å²) in [6.45, 7) is 7.19. The summed E-state index contributed by atoms with van der Waals surface area (Å²) in [5.74, 6) is -0.428. The van der Waals surface area contributed by atoms with Crippen LogP contribution in [0.5, 0.6) is 0 Å². The first-order chi connectivity index (χ1) is 9.53. The minimum atomic E-state index is -0.431. The van der Waals surface area contributed by atoms with E-state index in [9.17, 15) is 9.18 Å². The summed E-state index contributed by atoms with van der Waals surface area (Å²) in [7, 11) is 0. The van der Waals surface area contributed by atoms with Crippen molar-refractivity contribution in [1.29, 1.82) is 5.26 Å². The number of likely N-dealkylation sites (N-methyl/N-ethyl adjacent to an activating group) is 1. The fraction of sp³-hybridized carbons (Fsp3) is 0.467. The summed E-state index contributed by atoms with van der Waals surface area (Å²) < 4.78 is 13.7. The molecule has 0 aliphatic rings. The number of rotatable bonds is 6. The van der Waals surface area contributed by atoms with Crippen LogP contribution >= 0.6 is 0 Å². The third-order valence-electron chi connectivity index (χ3n) is 3.23. The molecule has 20 heavy (non-hydrogen) atoms. The van der Waals surface area contributed by atoms with Crippen LogP contribution in [0, 0.1) is 17.1 Å². The van der Waals surface area contributed by atoms with Crippen molar-refractivity contribution in [2.75, 3.05) is 13.1 Å². The van der Waals surface area contributed by atoms with E-state index in [1.54, 1.807) is 24.0 Å². The Morgan fingerprint density at radius 3 is 2.60 bits per heavy atom. The van der Waals surface area contributed by atoms with Gasteiger partial charge in [0.2, 0.25) is 5.91 Å². The van der Waals surface area contributed by atoms with Crippen molar-refractivity contribution < 1.29 is 9.18 Å². The fourth-order valence-electron chi connectivity index (χ4n) is 1.92. The summed E-state index contributed by atoms with van der Waals surface area (Å²) in [6.07, 6.45) is 0. The smallest absolute Gasteiger partial charge is 0.239 e. The number of nitrogens with zero attached hydrogens (tertiary/aromatic N) is 2. The molecular formula is C15H20FN3O. The molecule has 1 rings (SSSR count). The quantitative estimate of drug-likeness (QED) is 0.865. The van der Waals surface area contributed by atoms with Crippen molar-refractivity contribution in [3.05, 3.63) is 35.1 Å². The number of halogens is 1. The Morgan fingerprint density at radius 1 is 1.45 bits per heavy atom. The van der Waals surface area contributed by atoms with Gasteiger partial charge < -0.3 is 10.2 Å². The van der Waals surface area contributed by atoms with Crippen molar-refractivity contribution >= 4 is 5.91 Å². The minimum absolute atomic E-state index is 0.00375. The van der Waals surface area contributed by atoms with Crippen molar-refractivity contribution in [2.24, 2.45) is 0 Å². The molecule has 5 heteroatoms. The Labute approximate surface area is 119 Å². The van der Waals surface area contributed by atoms with Crippen LogP contribution in [-0.2, 0) is 11.3 Å². The van der Waals surface area contributed by atoms with Crippen molar-refractivity contribution in [2.45, 2.75) is 33.4 Å². The second-order valence-corrected chi connectivity index (χ2v) is 4.53. The first-order valence-electron chi connectivity index (χ1n) is 6.74. The molecule has 0 aliphatic carbocycles. The first-order valence-corrected chi connectivity index (χ1v) is 6.74. The number of hydrogen-bond acceptors (Lipinski definition) is 3. The van der Waals surface area contributed by atoms with Gasteiger partial charge in [0.05, 0.1) is 17.7 Å². The largest absolute Gasteiger partial charge is 0.342 e. The van der Waals surface area contributed by atoms with Gasteiger partial charge >= 0.3 is 0 Å². The van der Waals surface area contributed by atoms with Crippen LogP contribution in [0.25, 0.3) is 0 Å². The van der Waals surface area contributed by atoms with Crippen LogP contribution in [-0.4, -0.2) is 29.9 Å². The number of hydrogen-bond donors (Lipinski definition) is 1. The van der Waals surface area contributed by atoms with E-state index in [0.717, 1.165) is 0 Å². The maximum Gasteiger partial charge on any atom is 0.239 e. The number of carbonyl (C=O) groups is 1. The highest BCUT2D eigenvalue weighted by Crippen LogP contribution is 2.10. The molecule has 1 unspecified atom stereocenters. The normalized spacial score (nSPS) is 11.8. The highest BCUT2D eigenvalue weighted by molar-refractivity contribution is 5.81. The lowest BCUT2D eigenvalue weighted by atomic mass is 10.1. The average Bonchev–Trinajstić information content (AvgIpc) is 2.46. The van der Waals surface area contributed by atoms with Crippen LogP contribution in [0.3, 0.4) is 0 Å². The van der Waals surface area contributed by atoms with Gasteiger partial charge in [-0.1, -0.05) is 6.07 Å². The fourth-order valence-corrected chi connectivity index (χ4v) is 1.92. The molecule has 0 fully saturated rings. The third-order valence-corrected chi connectivity index (χ3v) is 3.23. The Balaban J connectivity index is 2.63. The van der Waals surface area contributed by atoms with Crippen LogP contribution in [0.2, 0.25) is 0 Å². The van der Waals surface area contributed by atoms with Gasteiger partial charge in [-0.05, 0) is 32.9 Å². The SMILES string of the molecule is CCN(CC)C(=O)C(C)NCc1ccc(C#N)cc1F. The standard InChI is InChI=1S/C15H20FN3O/c1-4-19(5-2)15(20)11(3)18-10-13-7-6-12(9-17)8-14(13)16/h6-8,11,18H,4-5,10H2,1-3H3. The molecule has 0 spiro atoms. The van der Waals surface area contributed by atoms with E-state index in [1.807, 2.05) is 19.9 Å². The maximum atomic E-state index is 13.7. The van der Waals surface area contributed by atoms with Crippen molar-refractivity contribution in [1.82, 2.24) is 10.2 Å². The zero-order valence-electron chi connectivity index (χ0n) is 12.1. The molecule has 1 aromatic carbocycles. The first kappa shape index (κ1) is 16.1. The van der Waals surface area contributed by atoms with Crippen molar-refractivity contribution in [3.8, 4) is 6.07 Å². The van der Waals surface area contributed by atoms with Crippen LogP contribution in [0.4, 0.5) is 4.39 Å². The molecule has 1 N–H and O–H groups in total. The summed E-state index contributed by atoms with van der Waals surface area (Å²) in [6, 6.07) is 5.85. The van der Waals surface area contributed by atoms with Gasteiger partial charge in [-0.25, -0.2) is 4.39 Å². The average molecular weight is 277 g/mol. The van der Waals surface area contributed by atoms with Crippen LogP contribution in [0.1, 0.15) is 31.9 Å². The van der Waals surface area contributed by atoms with Crippen LogP contribution in [0.15, 0.2) is 18.2 Å². The zero-order chi connectivity index (χ0) is 15.1. The van der Waals surface area contributed by atoms with Gasteiger partial charge in [0.15, 0.2) is 0 Å². The topological polar surface area (TPSA) is 56.1 Å². The highest BCUT2D eigenvalue weighted by Gasteiger charge is 2.17. The van der Waals surface area contributed by atoms with Gasteiger partial charge in [-0.15, -0.1) is 0 Å². The zero-order valence-corrected chi connectivity index (χ0v) is 12.1. The van der Waals surface area contributed by atoms with Gasteiger partial charge in [-0.2, -0.15) is 5.26 Å². The minimum Gasteiger partial charge on any atom is -0.342 e. The summed E-state index contributed by atoms with van der Waals surface area (Å²) in [5, 5.41) is 11.7. The Bertz CT molecular complexity index is 506. The molecule has 0 aromatic heterocycles. The molecule has 0 radical (unpaired) electrons. The number of benzene rings is 1. The number of carbonyl (C=O) groups excluding carboxylic acids is 1. The lowest BCUT2D eigenvalue weighted by Gasteiger charge is -2.23. The predicted molar refractivity (Wildman–Crippen MR) is 75.3 cm³/mol. The lowest BCUT2D eigenvalue weighted by molar-refractivity contribution is -0.132. The maximum absolute atomic E-state index is 13.7. The molecular weight excluding hydrogens is 257 g/mol. The molecule has 0 saturated carbocycles. The van der Waals surface area contributed by atoms with Gasteiger partial charge in [0.1, 0.15) is 5.82 Å². The molecule has 0 bridgehead atoms. The van der Waals surface area contributed by atoms with E-state index in [0.29, 0.717) is 24.2 Å². The molecule has 4 nitrogen and oxygen atoms in total. The van der Waals surface area contributed by atoms with Gasteiger partial charge in [-0.3, -0.25) is 4.79 Å². The molecule has 1 aromatic rings. The molecule has 108 valence electrons. The summed E-state index contributed by atoms with van der Waals surface area (Å²) in [5.41, 5.74) is 0.738. The molecule has 1 amide bonds. The van der Waals surface area contributed by atoms with Gasteiger partial charge in [0, 0.05) is 25.2 Å². The second kappa shape index (κ2) is 7.61. The Hall–Kier alpha value is -1.93. The summed E-state index contributed by atoms with van der Waals surface area (Å²) in [4.78, 5) is 13.8. The molecule has 0 saturated heterocycles. The highest BCUT2D eigenvalue weighted by atomic mass is 19.1. The van der Waals surface area contributed by atoms with Crippen molar-refractivity contribution in [3.63, 3.8) is 0 Å². The van der Waals surface area contributed by atoms with Gasteiger partial charge in [0.25, 0.3) is 0 Å². The number of amides is 1. The Morgan fingerprint density at radius 2 is 2.10 bits per heavy atom. The Kier molecular flexibility index (Phi) is 6.13. The lowest BCUT2D eigenvalue weighted by Crippen LogP contribution is -2.44.